The van der Waals surface area contributed by atoms with Crippen LogP contribution in [-0.4, -0.2) is 50.8 Å². The van der Waals surface area contributed by atoms with Crippen molar-refractivity contribution >= 4 is 17.4 Å². The molecule has 0 amide bonds. The lowest BCUT2D eigenvalue weighted by Gasteiger charge is -2.33. The molecule has 4 unspecified atom stereocenters. The average molecular weight is 507 g/mol. The van der Waals surface area contributed by atoms with Crippen LogP contribution >= 0.6 is 0 Å². The Hall–Kier alpha value is -2.57. The maximum atomic E-state index is 13.0. The third-order valence-electron chi connectivity index (χ3n) is 8.23. The molecule has 4 atom stereocenters. The summed E-state index contributed by atoms with van der Waals surface area (Å²) < 4.78 is 19.9. The van der Waals surface area contributed by atoms with Crippen LogP contribution in [0.25, 0.3) is 11.6 Å². The van der Waals surface area contributed by atoms with Crippen molar-refractivity contribution in [1.82, 2.24) is 10.6 Å². The standard InChI is InChI=1S/C31H42N2O4/c1-4-25(21-11-8-14-32-18-21)36-28-17-27(35-6-3)30-23(16-20-10-7-13-24(34)29(20)30)31(28)37-26(5-2)22-12-9-15-33-19-22/h7,10,13,16-17,21-22,25-26,32-33H,4-6,8-9,11-12,14-15,18-19H2,1-3H3. The molecule has 1 aromatic carbocycles. The lowest BCUT2D eigenvalue weighted by atomic mass is 9.92. The second-order valence-corrected chi connectivity index (χ2v) is 10.6. The third kappa shape index (κ3) is 5.37. The molecule has 2 aliphatic heterocycles. The van der Waals surface area contributed by atoms with Crippen LogP contribution in [0, 0.1) is 11.8 Å². The van der Waals surface area contributed by atoms with Crippen molar-refractivity contribution in [2.75, 3.05) is 32.8 Å². The zero-order chi connectivity index (χ0) is 25.8. The smallest absolute Gasteiger partial charge is 0.187 e. The fourth-order valence-corrected chi connectivity index (χ4v) is 6.33. The van der Waals surface area contributed by atoms with Gasteiger partial charge in [-0.2, -0.15) is 0 Å². The Bertz CT molecular complexity index is 1170. The predicted molar refractivity (Wildman–Crippen MR) is 148 cm³/mol. The molecule has 0 spiro atoms. The summed E-state index contributed by atoms with van der Waals surface area (Å²) in [6.07, 6.45) is 14.2. The molecular formula is C31H42N2O4. The number of benzene rings is 1. The predicted octanol–water partition coefficient (Wildman–Crippen LogP) is 3.41. The van der Waals surface area contributed by atoms with Crippen molar-refractivity contribution in [2.45, 2.75) is 71.5 Å². The first kappa shape index (κ1) is 26.1. The lowest BCUT2D eigenvalue weighted by molar-refractivity contribution is -0.109. The number of carbonyl (C=O) groups is 1. The van der Waals surface area contributed by atoms with Gasteiger partial charge in [0, 0.05) is 47.0 Å². The molecule has 0 bridgehead atoms. The minimum Gasteiger partial charge on any atom is -0.493 e. The molecular weight excluding hydrogens is 464 g/mol. The van der Waals surface area contributed by atoms with Crippen molar-refractivity contribution in [3.63, 3.8) is 0 Å². The normalized spacial score (nSPS) is 24.5. The molecule has 4 aliphatic rings. The van der Waals surface area contributed by atoms with Crippen LogP contribution in [0.2, 0.25) is 0 Å². The molecule has 0 saturated carbocycles. The van der Waals surface area contributed by atoms with Crippen molar-refractivity contribution in [2.24, 2.45) is 11.8 Å². The first-order chi connectivity index (χ1) is 18.1. The molecule has 6 nitrogen and oxygen atoms in total. The van der Waals surface area contributed by atoms with Crippen molar-refractivity contribution in [3.05, 3.63) is 40.3 Å². The van der Waals surface area contributed by atoms with Crippen LogP contribution in [0.4, 0.5) is 0 Å². The van der Waals surface area contributed by atoms with Crippen LogP contribution in [0.3, 0.4) is 0 Å². The molecule has 2 fully saturated rings. The van der Waals surface area contributed by atoms with Crippen molar-refractivity contribution in [1.29, 1.82) is 0 Å². The number of carbonyl (C=O) groups excluding carboxylic acids is 1. The average Bonchev–Trinajstić information content (AvgIpc) is 3.34. The number of allylic oxidation sites excluding steroid dienone is 4. The van der Waals surface area contributed by atoms with Gasteiger partial charge in [0.15, 0.2) is 17.3 Å². The van der Waals surface area contributed by atoms with Gasteiger partial charge in [-0.1, -0.05) is 26.0 Å². The van der Waals surface area contributed by atoms with Gasteiger partial charge >= 0.3 is 0 Å². The van der Waals surface area contributed by atoms with Crippen LogP contribution in [-0.2, 0) is 4.79 Å². The zero-order valence-electron chi connectivity index (χ0n) is 22.6. The highest BCUT2D eigenvalue weighted by atomic mass is 16.5. The SMILES string of the molecule is CCOc1cc(OC(CC)C2CCCNC2)c(OC(CC)C2CCCNC2)c2c1=C1C(=O)C=CC=C1C=2. The molecule has 2 aliphatic carbocycles. The molecule has 0 radical (unpaired) electrons. The van der Waals surface area contributed by atoms with Crippen LogP contribution in [0.5, 0.6) is 17.2 Å². The van der Waals surface area contributed by atoms with Crippen LogP contribution < -0.4 is 35.3 Å². The van der Waals surface area contributed by atoms with Gasteiger partial charge in [0.25, 0.3) is 0 Å². The fourth-order valence-electron chi connectivity index (χ4n) is 6.33. The minimum absolute atomic E-state index is 0.0105. The van der Waals surface area contributed by atoms with E-state index in [1.54, 1.807) is 6.08 Å². The summed E-state index contributed by atoms with van der Waals surface area (Å²) >= 11 is 0. The van der Waals surface area contributed by atoms with Crippen LogP contribution in [0.15, 0.2) is 29.9 Å². The Morgan fingerprint density at radius 1 is 0.946 bits per heavy atom. The summed E-state index contributed by atoms with van der Waals surface area (Å²) in [4.78, 5) is 13.0. The number of fused-ring (bicyclic) bond motifs is 2. The van der Waals surface area contributed by atoms with E-state index in [-0.39, 0.29) is 18.0 Å². The highest BCUT2D eigenvalue weighted by Gasteiger charge is 2.31. The Morgan fingerprint density at radius 2 is 1.62 bits per heavy atom. The van der Waals surface area contributed by atoms with Gasteiger partial charge in [0.2, 0.25) is 0 Å². The molecule has 6 heteroatoms. The monoisotopic (exact) mass is 506 g/mol. The van der Waals surface area contributed by atoms with Crippen molar-refractivity contribution < 1.29 is 19.0 Å². The number of hydrogen-bond donors (Lipinski definition) is 2. The fraction of sp³-hybridized carbons (Fsp3) is 0.581. The summed E-state index contributed by atoms with van der Waals surface area (Å²) in [5.41, 5.74) is 1.62. The Morgan fingerprint density at radius 3 is 2.22 bits per heavy atom. The highest BCUT2D eigenvalue weighted by Crippen LogP contribution is 2.35. The number of ether oxygens (including phenoxy) is 3. The van der Waals surface area contributed by atoms with E-state index in [4.69, 9.17) is 14.2 Å². The Labute approximate surface area is 220 Å². The Balaban J connectivity index is 1.63. The van der Waals surface area contributed by atoms with Gasteiger partial charge in [0.1, 0.15) is 18.0 Å². The van der Waals surface area contributed by atoms with Crippen LogP contribution in [0.1, 0.15) is 59.3 Å². The van der Waals surface area contributed by atoms with E-state index in [1.165, 1.54) is 12.8 Å². The second kappa shape index (κ2) is 11.9. The molecule has 0 aromatic heterocycles. The number of piperidine rings is 2. The van der Waals surface area contributed by atoms with E-state index < -0.39 is 0 Å². The summed E-state index contributed by atoms with van der Waals surface area (Å²) in [7, 11) is 0. The molecule has 5 rings (SSSR count). The second-order valence-electron chi connectivity index (χ2n) is 10.6. The minimum atomic E-state index is 0.0105. The molecule has 2 N–H and O–H groups in total. The molecule has 1 aromatic rings. The van der Waals surface area contributed by atoms with E-state index in [9.17, 15) is 4.79 Å². The lowest BCUT2D eigenvalue weighted by Crippen LogP contribution is -2.41. The van der Waals surface area contributed by atoms with E-state index >= 15 is 0 Å². The van der Waals surface area contributed by atoms with Gasteiger partial charge in [-0.3, -0.25) is 4.79 Å². The number of nitrogens with one attached hydrogen (secondary N) is 2. The Kier molecular flexibility index (Phi) is 8.36. The summed E-state index contributed by atoms with van der Waals surface area (Å²) in [6, 6.07) is 1.98. The number of rotatable bonds is 10. The quantitative estimate of drug-likeness (QED) is 0.507. The topological polar surface area (TPSA) is 68.8 Å². The van der Waals surface area contributed by atoms with Gasteiger partial charge in [-0.05, 0) is 76.3 Å². The zero-order valence-corrected chi connectivity index (χ0v) is 22.6. The summed E-state index contributed by atoms with van der Waals surface area (Å²) in [5, 5.41) is 8.85. The van der Waals surface area contributed by atoms with Gasteiger partial charge in [-0.15, -0.1) is 0 Å². The third-order valence-corrected chi connectivity index (χ3v) is 8.23. The maximum Gasteiger partial charge on any atom is 0.187 e. The maximum absolute atomic E-state index is 13.0. The first-order valence-electron chi connectivity index (χ1n) is 14.4. The summed E-state index contributed by atoms with van der Waals surface area (Å²) in [5.74, 6) is 3.09. The molecule has 37 heavy (non-hydrogen) atoms. The molecule has 200 valence electrons. The number of ketones is 1. The van der Waals surface area contributed by atoms with Crippen molar-refractivity contribution in [3.8, 4) is 17.2 Å². The van der Waals surface area contributed by atoms with Gasteiger partial charge in [-0.25, -0.2) is 0 Å². The molecule has 2 heterocycles. The van der Waals surface area contributed by atoms with E-state index in [2.05, 4.69) is 30.6 Å². The summed E-state index contributed by atoms with van der Waals surface area (Å²) in [6.45, 7) is 11.0. The van der Waals surface area contributed by atoms with Gasteiger partial charge in [0.05, 0.1) is 6.61 Å². The highest BCUT2D eigenvalue weighted by molar-refractivity contribution is 6.30. The van der Waals surface area contributed by atoms with E-state index in [1.807, 2.05) is 25.1 Å². The molecule has 2 saturated heterocycles. The first-order valence-corrected chi connectivity index (χ1v) is 14.4. The van der Waals surface area contributed by atoms with E-state index in [0.717, 1.165) is 79.4 Å². The van der Waals surface area contributed by atoms with Gasteiger partial charge < -0.3 is 24.8 Å². The largest absolute Gasteiger partial charge is 0.493 e. The number of hydrogen-bond acceptors (Lipinski definition) is 6. The van der Waals surface area contributed by atoms with E-state index in [0.29, 0.717) is 29.8 Å².